The molecule has 0 amide bonds. The van der Waals surface area contributed by atoms with Crippen molar-refractivity contribution in [3.05, 3.63) is 0 Å². The van der Waals surface area contributed by atoms with Gasteiger partial charge in [0, 0.05) is 12.8 Å². The van der Waals surface area contributed by atoms with Crippen LogP contribution in [0.15, 0.2) is 0 Å². The number of rotatable bonds is 9. The molecule has 252 valence electrons. The number of Topliss-reactive ketones (excluding diaryl/α,β-unsaturated/α-hetero) is 1. The number of hydrogen-bond acceptors (Lipinski definition) is 10. The molecule has 0 aromatic heterocycles. The lowest BCUT2D eigenvalue weighted by Crippen LogP contribution is -2.69. The van der Waals surface area contributed by atoms with Crippen LogP contribution in [0.25, 0.3) is 0 Å². The van der Waals surface area contributed by atoms with Crippen LogP contribution in [0.3, 0.4) is 0 Å². The van der Waals surface area contributed by atoms with Crippen molar-refractivity contribution in [3.8, 4) is 0 Å². The maximum atomic E-state index is 14.8. The van der Waals surface area contributed by atoms with Crippen LogP contribution in [0, 0.1) is 45.3 Å². The SMILES string of the molecule is CC(=O)OC(C1CC(C)C2C(O1)C(=O)C1(N)C3CCC4C(C)(C)C(OC(C=O)OCC=O)CCC45CC35CCC21C)C(C)(C)O. The molecule has 1 heterocycles. The van der Waals surface area contributed by atoms with E-state index in [0.29, 0.717) is 24.9 Å². The quantitative estimate of drug-likeness (QED) is 0.220. The van der Waals surface area contributed by atoms with E-state index in [-0.39, 0.29) is 52.5 Å². The number of carbonyl (C=O) groups excluding carboxylic acids is 4. The van der Waals surface area contributed by atoms with Gasteiger partial charge in [0.05, 0.1) is 23.3 Å². The van der Waals surface area contributed by atoms with E-state index >= 15 is 0 Å². The fourth-order valence-corrected chi connectivity index (χ4v) is 12.3. The number of nitrogens with two attached hydrogens (primary N) is 1. The molecule has 5 aliphatic carbocycles. The summed E-state index contributed by atoms with van der Waals surface area (Å²) in [6, 6.07) is 0. The standard InChI is InChI=1S/C35H53NO9/c1-19-16-21(29(31(5,6)41)43-20(2)39)44-27-26(19)32(7)12-13-34-18-33(34)11-10-24(45-25(17-38)42-15-14-37)30(3,4)22(33)8-9-23(34)35(32,36)28(27)40/h14,17,19,21-27,29,41H,8-13,15-16,18,36H2,1-7H3. The van der Waals surface area contributed by atoms with Gasteiger partial charge in [-0.15, -0.1) is 0 Å². The van der Waals surface area contributed by atoms with E-state index in [2.05, 4.69) is 27.7 Å². The molecule has 0 bridgehead atoms. The molecule has 1 saturated heterocycles. The molecule has 5 saturated carbocycles. The third-order valence-corrected chi connectivity index (χ3v) is 14.1. The fourth-order valence-electron chi connectivity index (χ4n) is 12.3. The number of fused-ring (bicyclic) bond motifs is 4. The highest BCUT2D eigenvalue weighted by Crippen LogP contribution is 2.87. The van der Waals surface area contributed by atoms with Crippen molar-refractivity contribution in [2.45, 2.75) is 142 Å². The number of ether oxygens (including phenoxy) is 4. The van der Waals surface area contributed by atoms with Gasteiger partial charge in [-0.2, -0.15) is 0 Å². The number of hydrogen-bond donors (Lipinski definition) is 2. The number of carbonyl (C=O) groups is 4. The summed E-state index contributed by atoms with van der Waals surface area (Å²) in [5, 5.41) is 10.9. The molecule has 13 unspecified atom stereocenters. The fraction of sp³-hybridized carbons (Fsp3) is 0.886. The van der Waals surface area contributed by atoms with E-state index in [4.69, 9.17) is 24.7 Å². The average molecular weight is 632 g/mol. The Kier molecular flexibility index (Phi) is 7.85. The summed E-state index contributed by atoms with van der Waals surface area (Å²) >= 11 is 0. The topological polar surface area (TPSA) is 151 Å². The highest BCUT2D eigenvalue weighted by Gasteiger charge is 2.85. The normalized spacial score (nSPS) is 47.6. The monoisotopic (exact) mass is 631 g/mol. The number of esters is 1. The lowest BCUT2D eigenvalue weighted by Gasteiger charge is -2.62. The van der Waals surface area contributed by atoms with Crippen LogP contribution >= 0.6 is 0 Å². The average Bonchev–Trinajstić information content (AvgIpc) is 3.59. The number of aldehydes is 2. The summed E-state index contributed by atoms with van der Waals surface area (Å²) in [4.78, 5) is 49.2. The molecule has 10 heteroatoms. The molecular weight excluding hydrogens is 578 g/mol. The second kappa shape index (κ2) is 10.6. The van der Waals surface area contributed by atoms with Gasteiger partial charge in [-0.05, 0) is 105 Å². The molecule has 3 N–H and O–H groups in total. The van der Waals surface area contributed by atoms with Crippen molar-refractivity contribution in [2.24, 2.45) is 51.1 Å². The van der Waals surface area contributed by atoms with Crippen LogP contribution in [0.2, 0.25) is 0 Å². The number of ketones is 1. The molecule has 0 radical (unpaired) electrons. The minimum atomic E-state index is -1.34. The Balaban J connectivity index is 1.28. The van der Waals surface area contributed by atoms with Gasteiger partial charge in [0.25, 0.3) is 0 Å². The maximum Gasteiger partial charge on any atom is 0.303 e. The van der Waals surface area contributed by atoms with Crippen LogP contribution in [-0.2, 0) is 38.1 Å². The zero-order valence-corrected chi connectivity index (χ0v) is 28.0. The molecule has 0 aromatic rings. The molecule has 10 nitrogen and oxygen atoms in total. The Hall–Kier alpha value is -1.72. The van der Waals surface area contributed by atoms with Crippen molar-refractivity contribution in [1.82, 2.24) is 0 Å². The van der Waals surface area contributed by atoms with Crippen LogP contribution in [0.1, 0.15) is 99.8 Å². The zero-order chi connectivity index (χ0) is 33.0. The lowest BCUT2D eigenvalue weighted by molar-refractivity contribution is -0.218. The van der Waals surface area contributed by atoms with Crippen LogP contribution < -0.4 is 5.73 Å². The summed E-state index contributed by atoms with van der Waals surface area (Å²) in [7, 11) is 0. The highest BCUT2D eigenvalue weighted by molar-refractivity contribution is 5.97. The molecule has 13 atom stereocenters. The predicted molar refractivity (Wildman–Crippen MR) is 163 cm³/mol. The predicted octanol–water partition coefficient (Wildman–Crippen LogP) is 3.53. The molecule has 45 heavy (non-hydrogen) atoms. The van der Waals surface area contributed by atoms with Crippen molar-refractivity contribution in [3.63, 3.8) is 0 Å². The van der Waals surface area contributed by atoms with Crippen LogP contribution in [-0.4, -0.2) is 77.9 Å². The van der Waals surface area contributed by atoms with E-state index in [9.17, 15) is 24.3 Å². The van der Waals surface area contributed by atoms with Crippen molar-refractivity contribution in [1.29, 1.82) is 0 Å². The molecular formula is C35H53NO9. The Labute approximate surface area is 266 Å². The van der Waals surface area contributed by atoms with E-state index in [0.717, 1.165) is 44.9 Å². The summed E-state index contributed by atoms with van der Waals surface area (Å²) in [5.74, 6) is -0.0939. The van der Waals surface area contributed by atoms with E-state index in [1.807, 2.05) is 0 Å². The van der Waals surface area contributed by atoms with Gasteiger partial charge in [-0.3, -0.25) is 14.4 Å². The molecule has 6 rings (SSSR count). The Bertz CT molecular complexity index is 1250. The van der Waals surface area contributed by atoms with E-state index < -0.39 is 47.1 Å². The first-order valence-electron chi connectivity index (χ1n) is 17.0. The van der Waals surface area contributed by atoms with Crippen LogP contribution in [0.4, 0.5) is 0 Å². The second-order valence-corrected chi connectivity index (χ2v) is 16.8. The van der Waals surface area contributed by atoms with Gasteiger partial charge >= 0.3 is 5.97 Å². The van der Waals surface area contributed by atoms with E-state index in [1.54, 1.807) is 13.8 Å². The maximum absolute atomic E-state index is 14.8. The first kappa shape index (κ1) is 33.2. The first-order chi connectivity index (χ1) is 20.9. The minimum Gasteiger partial charge on any atom is -0.457 e. The third kappa shape index (κ3) is 4.44. The van der Waals surface area contributed by atoms with E-state index in [1.165, 1.54) is 6.92 Å². The smallest absolute Gasteiger partial charge is 0.303 e. The molecule has 6 fully saturated rings. The Morgan fingerprint density at radius 3 is 2.40 bits per heavy atom. The minimum absolute atomic E-state index is 0.0223. The zero-order valence-electron chi connectivity index (χ0n) is 28.0. The highest BCUT2D eigenvalue weighted by atomic mass is 16.7. The second-order valence-electron chi connectivity index (χ2n) is 16.8. The number of aliphatic hydroxyl groups is 1. The van der Waals surface area contributed by atoms with Gasteiger partial charge < -0.3 is 34.6 Å². The van der Waals surface area contributed by atoms with Gasteiger partial charge in [0.2, 0.25) is 6.29 Å². The van der Waals surface area contributed by atoms with Gasteiger partial charge in [-0.25, -0.2) is 0 Å². The Morgan fingerprint density at radius 2 is 1.78 bits per heavy atom. The van der Waals surface area contributed by atoms with Gasteiger partial charge in [0.15, 0.2) is 18.2 Å². The third-order valence-electron chi connectivity index (χ3n) is 14.1. The molecule has 2 spiro atoms. The van der Waals surface area contributed by atoms with Crippen molar-refractivity contribution >= 4 is 24.3 Å². The van der Waals surface area contributed by atoms with Crippen molar-refractivity contribution in [2.75, 3.05) is 6.61 Å². The van der Waals surface area contributed by atoms with Gasteiger partial charge in [-0.1, -0.05) is 27.7 Å². The van der Waals surface area contributed by atoms with Crippen molar-refractivity contribution < 1.29 is 43.2 Å². The lowest BCUT2D eigenvalue weighted by atomic mass is 9.43. The largest absolute Gasteiger partial charge is 0.457 e. The Morgan fingerprint density at radius 1 is 1.11 bits per heavy atom. The summed E-state index contributed by atoms with van der Waals surface area (Å²) in [5.41, 5.74) is 4.59. The van der Waals surface area contributed by atoms with Gasteiger partial charge in [0.1, 0.15) is 19.0 Å². The molecule has 6 aliphatic rings. The molecule has 0 aromatic carbocycles. The summed E-state index contributed by atoms with van der Waals surface area (Å²) in [6.45, 7) is 13.2. The summed E-state index contributed by atoms with van der Waals surface area (Å²) in [6.07, 6.45) is 4.75. The first-order valence-corrected chi connectivity index (χ1v) is 17.0. The van der Waals surface area contributed by atoms with Crippen LogP contribution in [0.5, 0.6) is 0 Å². The summed E-state index contributed by atoms with van der Waals surface area (Å²) < 4.78 is 23.7. The molecule has 1 aliphatic heterocycles.